The Kier molecular flexibility index (Phi) is 5.28. The zero-order chi connectivity index (χ0) is 16.8. The van der Waals surface area contributed by atoms with Crippen molar-refractivity contribution < 1.29 is 9.53 Å². The fourth-order valence-electron chi connectivity index (χ4n) is 2.51. The van der Waals surface area contributed by atoms with Gasteiger partial charge in [-0.05, 0) is 47.5 Å². The summed E-state index contributed by atoms with van der Waals surface area (Å²) in [5.41, 5.74) is 1.67. The number of nitrogens with zero attached hydrogens (tertiary/aromatic N) is 2. The number of ether oxygens (including phenoxy) is 1. The highest BCUT2D eigenvalue weighted by Gasteiger charge is 2.18. The van der Waals surface area contributed by atoms with Gasteiger partial charge < -0.3 is 10.1 Å². The van der Waals surface area contributed by atoms with Crippen molar-refractivity contribution in [2.75, 3.05) is 13.2 Å². The second-order valence-electron chi connectivity index (χ2n) is 5.20. The standard InChI is InChI=1S/C18H19N3O2S/c1-2-23-17-7-4-3-6-15(17)18(22)19-12-16(14-8-11-24-13-14)21-10-5-9-20-21/h3-11,13,16H,2,12H2,1H3,(H,19,22)/t16-/m1/s1. The maximum absolute atomic E-state index is 12.6. The predicted molar refractivity (Wildman–Crippen MR) is 94.6 cm³/mol. The molecule has 1 amide bonds. The van der Waals surface area contributed by atoms with E-state index in [0.717, 1.165) is 5.56 Å². The van der Waals surface area contributed by atoms with E-state index in [9.17, 15) is 4.79 Å². The Morgan fingerprint density at radius 1 is 1.33 bits per heavy atom. The van der Waals surface area contributed by atoms with Crippen molar-refractivity contribution in [2.24, 2.45) is 0 Å². The Hall–Kier alpha value is -2.60. The second kappa shape index (κ2) is 7.79. The van der Waals surface area contributed by atoms with E-state index in [2.05, 4.69) is 21.9 Å². The number of aromatic nitrogens is 2. The average molecular weight is 341 g/mol. The number of rotatable bonds is 7. The second-order valence-corrected chi connectivity index (χ2v) is 5.98. The first-order valence-corrected chi connectivity index (χ1v) is 8.75. The normalized spacial score (nSPS) is 11.9. The minimum atomic E-state index is -0.147. The summed E-state index contributed by atoms with van der Waals surface area (Å²) in [4.78, 5) is 12.6. The van der Waals surface area contributed by atoms with Crippen LogP contribution in [0.5, 0.6) is 5.75 Å². The molecule has 1 atom stereocenters. The van der Waals surface area contributed by atoms with Gasteiger partial charge in [-0.25, -0.2) is 0 Å². The van der Waals surface area contributed by atoms with Gasteiger partial charge >= 0.3 is 0 Å². The number of thiophene rings is 1. The van der Waals surface area contributed by atoms with E-state index in [0.29, 0.717) is 24.5 Å². The Labute approximate surface area is 144 Å². The van der Waals surface area contributed by atoms with E-state index in [1.165, 1.54) is 0 Å². The summed E-state index contributed by atoms with van der Waals surface area (Å²) in [7, 11) is 0. The van der Waals surface area contributed by atoms with Crippen LogP contribution in [0, 0.1) is 0 Å². The molecule has 5 nitrogen and oxygen atoms in total. The van der Waals surface area contributed by atoms with E-state index in [4.69, 9.17) is 4.74 Å². The van der Waals surface area contributed by atoms with Gasteiger partial charge in [0.15, 0.2) is 0 Å². The van der Waals surface area contributed by atoms with Gasteiger partial charge in [0, 0.05) is 18.9 Å². The lowest BCUT2D eigenvalue weighted by Crippen LogP contribution is -2.31. The van der Waals surface area contributed by atoms with Gasteiger partial charge in [0.2, 0.25) is 0 Å². The van der Waals surface area contributed by atoms with Crippen LogP contribution in [0.25, 0.3) is 0 Å². The van der Waals surface area contributed by atoms with Crippen LogP contribution in [0.3, 0.4) is 0 Å². The van der Waals surface area contributed by atoms with E-state index in [1.807, 2.05) is 47.4 Å². The predicted octanol–water partition coefficient (Wildman–Crippen LogP) is 3.36. The first kappa shape index (κ1) is 16.3. The lowest BCUT2D eigenvalue weighted by Gasteiger charge is -2.18. The molecule has 0 aliphatic carbocycles. The number of nitrogens with one attached hydrogen (secondary N) is 1. The van der Waals surface area contributed by atoms with Gasteiger partial charge in [-0.15, -0.1) is 0 Å². The Morgan fingerprint density at radius 2 is 2.21 bits per heavy atom. The van der Waals surface area contributed by atoms with Gasteiger partial charge in [0.05, 0.1) is 18.2 Å². The van der Waals surface area contributed by atoms with Crippen molar-refractivity contribution in [2.45, 2.75) is 13.0 Å². The van der Waals surface area contributed by atoms with Gasteiger partial charge in [0.25, 0.3) is 5.91 Å². The molecule has 0 spiro atoms. The smallest absolute Gasteiger partial charge is 0.255 e. The van der Waals surface area contributed by atoms with Gasteiger partial charge in [-0.1, -0.05) is 12.1 Å². The first-order valence-electron chi connectivity index (χ1n) is 7.81. The first-order chi connectivity index (χ1) is 11.8. The molecular weight excluding hydrogens is 322 g/mol. The van der Waals surface area contributed by atoms with Crippen LogP contribution < -0.4 is 10.1 Å². The molecule has 3 rings (SSSR count). The zero-order valence-corrected chi connectivity index (χ0v) is 14.2. The molecule has 0 fully saturated rings. The van der Waals surface area contributed by atoms with Crippen LogP contribution >= 0.6 is 11.3 Å². The minimum Gasteiger partial charge on any atom is -0.493 e. The Balaban J connectivity index is 1.74. The zero-order valence-electron chi connectivity index (χ0n) is 13.4. The van der Waals surface area contributed by atoms with E-state index < -0.39 is 0 Å². The molecule has 2 aromatic heterocycles. The van der Waals surface area contributed by atoms with Crippen molar-refractivity contribution in [3.63, 3.8) is 0 Å². The molecule has 24 heavy (non-hydrogen) atoms. The molecule has 0 unspecified atom stereocenters. The van der Waals surface area contributed by atoms with Crippen LogP contribution in [0.4, 0.5) is 0 Å². The summed E-state index contributed by atoms with van der Waals surface area (Å²) < 4.78 is 7.39. The number of amides is 1. The highest BCUT2D eigenvalue weighted by Crippen LogP contribution is 2.21. The number of para-hydroxylation sites is 1. The van der Waals surface area contributed by atoms with Crippen molar-refractivity contribution in [1.29, 1.82) is 0 Å². The van der Waals surface area contributed by atoms with Crippen LogP contribution in [-0.2, 0) is 0 Å². The molecule has 0 aliphatic rings. The largest absolute Gasteiger partial charge is 0.493 e. The molecule has 124 valence electrons. The number of hydrogen-bond acceptors (Lipinski definition) is 4. The van der Waals surface area contributed by atoms with Crippen molar-refractivity contribution in [3.05, 3.63) is 70.7 Å². The summed E-state index contributed by atoms with van der Waals surface area (Å²) in [6.07, 6.45) is 3.65. The highest BCUT2D eigenvalue weighted by molar-refractivity contribution is 7.07. The van der Waals surface area contributed by atoms with Crippen molar-refractivity contribution >= 4 is 17.2 Å². The quantitative estimate of drug-likeness (QED) is 0.717. The van der Waals surface area contributed by atoms with Gasteiger partial charge in [-0.3, -0.25) is 9.48 Å². The van der Waals surface area contributed by atoms with Crippen molar-refractivity contribution in [3.8, 4) is 5.75 Å². The molecule has 0 saturated heterocycles. The van der Waals surface area contributed by atoms with Crippen molar-refractivity contribution in [1.82, 2.24) is 15.1 Å². The maximum atomic E-state index is 12.6. The molecule has 0 radical (unpaired) electrons. The molecule has 1 aromatic carbocycles. The average Bonchev–Trinajstić information content (AvgIpc) is 3.30. The maximum Gasteiger partial charge on any atom is 0.255 e. The molecular formula is C18H19N3O2S. The summed E-state index contributed by atoms with van der Waals surface area (Å²) >= 11 is 1.63. The summed E-state index contributed by atoms with van der Waals surface area (Å²) in [6.45, 7) is 2.88. The fourth-order valence-corrected chi connectivity index (χ4v) is 3.22. The Morgan fingerprint density at radius 3 is 2.92 bits per heavy atom. The summed E-state index contributed by atoms with van der Waals surface area (Å²) in [5.74, 6) is 0.454. The van der Waals surface area contributed by atoms with E-state index in [1.54, 1.807) is 23.6 Å². The molecule has 3 aromatic rings. The lowest BCUT2D eigenvalue weighted by atomic mass is 10.1. The van der Waals surface area contributed by atoms with Gasteiger partial charge in [0.1, 0.15) is 5.75 Å². The van der Waals surface area contributed by atoms with Crippen LogP contribution in [-0.4, -0.2) is 28.8 Å². The van der Waals surface area contributed by atoms with Crippen LogP contribution in [0.1, 0.15) is 28.9 Å². The summed E-state index contributed by atoms with van der Waals surface area (Å²) in [6, 6.07) is 11.2. The van der Waals surface area contributed by atoms with Crippen LogP contribution in [0.2, 0.25) is 0 Å². The van der Waals surface area contributed by atoms with Gasteiger partial charge in [-0.2, -0.15) is 16.4 Å². The third-order valence-corrected chi connectivity index (χ3v) is 4.36. The molecule has 2 heterocycles. The number of carbonyl (C=O) groups is 1. The SMILES string of the molecule is CCOc1ccccc1C(=O)NC[C@H](c1ccsc1)n1cccn1. The number of benzene rings is 1. The Bertz CT molecular complexity index is 735. The number of hydrogen-bond donors (Lipinski definition) is 1. The van der Waals surface area contributed by atoms with E-state index >= 15 is 0 Å². The molecule has 1 N–H and O–H groups in total. The molecule has 0 aliphatic heterocycles. The third kappa shape index (κ3) is 3.65. The number of carbonyl (C=O) groups excluding carboxylic acids is 1. The monoisotopic (exact) mass is 341 g/mol. The lowest BCUT2D eigenvalue weighted by molar-refractivity contribution is 0.0945. The highest BCUT2D eigenvalue weighted by atomic mass is 32.1. The summed E-state index contributed by atoms with van der Waals surface area (Å²) in [5, 5.41) is 11.4. The molecule has 0 saturated carbocycles. The van der Waals surface area contributed by atoms with E-state index in [-0.39, 0.29) is 11.9 Å². The minimum absolute atomic E-state index is 0.0329. The topological polar surface area (TPSA) is 56.1 Å². The molecule has 0 bridgehead atoms. The molecule has 6 heteroatoms. The van der Waals surface area contributed by atoms with Crippen LogP contribution in [0.15, 0.2) is 59.6 Å². The third-order valence-electron chi connectivity index (χ3n) is 3.66. The fraction of sp³-hybridized carbons (Fsp3) is 0.222.